The van der Waals surface area contributed by atoms with Crippen molar-refractivity contribution in [1.29, 1.82) is 0 Å². The van der Waals surface area contributed by atoms with E-state index in [9.17, 15) is 0 Å². The fourth-order valence-corrected chi connectivity index (χ4v) is 1.98. The topological polar surface area (TPSA) is 28.7 Å². The van der Waals surface area contributed by atoms with E-state index in [1.165, 1.54) is 5.69 Å². The summed E-state index contributed by atoms with van der Waals surface area (Å²) in [6.07, 6.45) is 0. The molecule has 2 nitrogen and oxygen atoms in total. The molecule has 1 heterocycles. The third kappa shape index (κ3) is 2.12. The molecule has 0 saturated heterocycles. The zero-order chi connectivity index (χ0) is 10.8. The lowest BCUT2D eigenvalue weighted by Gasteiger charge is -2.05. The molecule has 1 aromatic carbocycles. The summed E-state index contributed by atoms with van der Waals surface area (Å²) < 4.78 is 0.796. The Morgan fingerprint density at radius 1 is 1.20 bits per heavy atom. The first-order valence-electron chi connectivity index (χ1n) is 4.99. The number of aromatic amines is 1. The number of nitrogens with zero attached hydrogens (tertiary/aromatic N) is 1. The van der Waals surface area contributed by atoms with Crippen LogP contribution in [0.3, 0.4) is 0 Å². The number of H-pyrrole nitrogens is 1. The zero-order valence-corrected chi connectivity index (χ0v) is 10.4. The lowest BCUT2D eigenvalue weighted by Crippen LogP contribution is -1.91. The van der Waals surface area contributed by atoms with Crippen LogP contribution >= 0.6 is 15.9 Å². The van der Waals surface area contributed by atoms with E-state index in [1.807, 2.05) is 18.2 Å². The molecule has 2 aromatic rings. The summed E-state index contributed by atoms with van der Waals surface area (Å²) in [4.78, 5) is 7.71. The van der Waals surface area contributed by atoms with Gasteiger partial charge in [0.1, 0.15) is 0 Å². The first kappa shape index (κ1) is 10.4. The fourth-order valence-electron chi connectivity index (χ4n) is 1.59. The Bertz CT molecular complexity index is 446. The summed E-state index contributed by atoms with van der Waals surface area (Å²) >= 11 is 3.38. The van der Waals surface area contributed by atoms with Crippen molar-refractivity contribution in [3.05, 3.63) is 40.8 Å². The van der Waals surface area contributed by atoms with E-state index >= 15 is 0 Å². The van der Waals surface area contributed by atoms with Gasteiger partial charge in [-0.2, -0.15) is 0 Å². The minimum absolute atomic E-state index is 0.444. The van der Waals surface area contributed by atoms with Crippen molar-refractivity contribution >= 4 is 15.9 Å². The molecule has 0 radical (unpaired) electrons. The van der Waals surface area contributed by atoms with Gasteiger partial charge in [-0.25, -0.2) is 4.98 Å². The third-order valence-electron chi connectivity index (χ3n) is 2.33. The third-order valence-corrected chi connectivity index (χ3v) is 2.70. The second kappa shape index (κ2) is 4.19. The molecule has 0 aliphatic heterocycles. The van der Waals surface area contributed by atoms with Crippen LogP contribution in [0, 0.1) is 0 Å². The molecule has 0 fully saturated rings. The predicted octanol–water partition coefficient (Wildman–Crippen LogP) is 3.96. The lowest BCUT2D eigenvalue weighted by atomic mass is 10.0. The van der Waals surface area contributed by atoms with Crippen LogP contribution in [0.15, 0.2) is 35.1 Å². The van der Waals surface area contributed by atoms with E-state index in [2.05, 4.69) is 51.9 Å². The van der Waals surface area contributed by atoms with E-state index in [0.717, 1.165) is 16.0 Å². The molecule has 0 saturated carbocycles. The van der Waals surface area contributed by atoms with Gasteiger partial charge in [-0.05, 0) is 21.8 Å². The van der Waals surface area contributed by atoms with E-state index in [-0.39, 0.29) is 0 Å². The highest BCUT2D eigenvalue weighted by molar-refractivity contribution is 9.10. The second-order valence-electron chi connectivity index (χ2n) is 3.81. The average Bonchev–Trinajstić information content (AvgIpc) is 2.62. The highest BCUT2D eigenvalue weighted by Gasteiger charge is 2.13. The SMILES string of the molecule is CC(C)c1[nH]c(Br)nc1-c1ccccc1. The number of hydrogen-bond acceptors (Lipinski definition) is 1. The molecular formula is C12H13BrN2. The van der Waals surface area contributed by atoms with Crippen LogP contribution in [0.25, 0.3) is 11.3 Å². The first-order chi connectivity index (χ1) is 7.18. The van der Waals surface area contributed by atoms with Crippen LogP contribution in [0.1, 0.15) is 25.5 Å². The van der Waals surface area contributed by atoms with Crippen LogP contribution in [0.5, 0.6) is 0 Å². The molecule has 0 aliphatic rings. The van der Waals surface area contributed by atoms with Crippen molar-refractivity contribution in [3.8, 4) is 11.3 Å². The second-order valence-corrected chi connectivity index (χ2v) is 4.56. The number of hydrogen-bond donors (Lipinski definition) is 1. The molecule has 78 valence electrons. The van der Waals surface area contributed by atoms with Gasteiger partial charge in [0, 0.05) is 11.3 Å². The molecule has 0 atom stereocenters. The summed E-state index contributed by atoms with van der Waals surface area (Å²) in [5.41, 5.74) is 3.37. The predicted molar refractivity (Wildman–Crippen MR) is 65.8 cm³/mol. The van der Waals surface area contributed by atoms with Crippen LogP contribution in [0.2, 0.25) is 0 Å². The molecule has 0 aliphatic carbocycles. The number of aromatic nitrogens is 2. The highest BCUT2D eigenvalue weighted by Crippen LogP contribution is 2.28. The van der Waals surface area contributed by atoms with Crippen molar-refractivity contribution in [2.24, 2.45) is 0 Å². The molecule has 0 amide bonds. The van der Waals surface area contributed by atoms with Gasteiger partial charge in [0.2, 0.25) is 0 Å². The number of rotatable bonds is 2. The van der Waals surface area contributed by atoms with Crippen LogP contribution in [-0.2, 0) is 0 Å². The summed E-state index contributed by atoms with van der Waals surface area (Å²) in [6, 6.07) is 10.2. The van der Waals surface area contributed by atoms with E-state index in [0.29, 0.717) is 5.92 Å². The molecule has 0 spiro atoms. The van der Waals surface area contributed by atoms with Crippen molar-refractivity contribution < 1.29 is 0 Å². The number of benzene rings is 1. The van der Waals surface area contributed by atoms with Crippen molar-refractivity contribution in [2.75, 3.05) is 0 Å². The maximum Gasteiger partial charge on any atom is 0.175 e. The van der Waals surface area contributed by atoms with E-state index < -0.39 is 0 Å². The van der Waals surface area contributed by atoms with Gasteiger partial charge in [0.15, 0.2) is 4.73 Å². The maximum absolute atomic E-state index is 4.46. The van der Waals surface area contributed by atoms with Gasteiger partial charge in [0.05, 0.1) is 5.69 Å². The Morgan fingerprint density at radius 2 is 1.87 bits per heavy atom. The molecule has 1 N–H and O–H groups in total. The Kier molecular flexibility index (Phi) is 2.91. The van der Waals surface area contributed by atoms with Crippen LogP contribution < -0.4 is 0 Å². The molecule has 0 unspecified atom stereocenters. The smallest absolute Gasteiger partial charge is 0.175 e. The van der Waals surface area contributed by atoms with Gasteiger partial charge in [-0.15, -0.1) is 0 Å². The molecule has 2 rings (SSSR count). The van der Waals surface area contributed by atoms with Gasteiger partial charge in [-0.3, -0.25) is 0 Å². The quantitative estimate of drug-likeness (QED) is 0.874. The van der Waals surface area contributed by atoms with Gasteiger partial charge in [-0.1, -0.05) is 44.2 Å². The Hall–Kier alpha value is -1.09. The summed E-state index contributed by atoms with van der Waals surface area (Å²) in [5, 5.41) is 0. The fraction of sp³-hybridized carbons (Fsp3) is 0.250. The minimum Gasteiger partial charge on any atom is -0.336 e. The lowest BCUT2D eigenvalue weighted by molar-refractivity contribution is 0.832. The van der Waals surface area contributed by atoms with E-state index in [4.69, 9.17) is 0 Å². The number of nitrogens with one attached hydrogen (secondary N) is 1. The van der Waals surface area contributed by atoms with Crippen LogP contribution in [-0.4, -0.2) is 9.97 Å². The van der Waals surface area contributed by atoms with Gasteiger partial charge >= 0.3 is 0 Å². The molecule has 3 heteroatoms. The van der Waals surface area contributed by atoms with Gasteiger partial charge < -0.3 is 4.98 Å². The highest BCUT2D eigenvalue weighted by atomic mass is 79.9. The number of imidazole rings is 1. The zero-order valence-electron chi connectivity index (χ0n) is 8.79. The van der Waals surface area contributed by atoms with Crippen molar-refractivity contribution in [1.82, 2.24) is 9.97 Å². The van der Waals surface area contributed by atoms with Crippen molar-refractivity contribution in [3.63, 3.8) is 0 Å². The monoisotopic (exact) mass is 264 g/mol. The van der Waals surface area contributed by atoms with Gasteiger partial charge in [0.25, 0.3) is 0 Å². The summed E-state index contributed by atoms with van der Waals surface area (Å²) in [6.45, 7) is 4.32. The van der Waals surface area contributed by atoms with Crippen LogP contribution in [0.4, 0.5) is 0 Å². The Balaban J connectivity index is 2.53. The average molecular weight is 265 g/mol. The molecule has 15 heavy (non-hydrogen) atoms. The molecular weight excluding hydrogens is 252 g/mol. The standard InChI is InChI=1S/C12H13BrN2/c1-8(2)10-11(15-12(13)14-10)9-6-4-3-5-7-9/h3-8H,1-2H3,(H,14,15). The molecule has 0 bridgehead atoms. The minimum atomic E-state index is 0.444. The number of halogens is 1. The Morgan fingerprint density at radius 3 is 2.47 bits per heavy atom. The first-order valence-corrected chi connectivity index (χ1v) is 5.78. The summed E-state index contributed by atoms with van der Waals surface area (Å²) in [7, 11) is 0. The Labute approximate surface area is 97.9 Å². The maximum atomic E-state index is 4.46. The van der Waals surface area contributed by atoms with E-state index in [1.54, 1.807) is 0 Å². The normalized spacial score (nSPS) is 10.9. The molecule has 1 aromatic heterocycles. The summed E-state index contributed by atoms with van der Waals surface area (Å²) in [5.74, 6) is 0.444. The largest absolute Gasteiger partial charge is 0.336 e. The van der Waals surface area contributed by atoms with Crippen molar-refractivity contribution in [2.45, 2.75) is 19.8 Å².